The van der Waals surface area contributed by atoms with Gasteiger partial charge in [-0.3, -0.25) is 4.79 Å². The number of benzene rings is 1. The highest BCUT2D eigenvalue weighted by molar-refractivity contribution is 9.09. The molecule has 0 spiro atoms. The van der Waals surface area contributed by atoms with Crippen LogP contribution < -0.4 is 5.32 Å². The van der Waals surface area contributed by atoms with Gasteiger partial charge in [-0.1, -0.05) is 29.8 Å². The van der Waals surface area contributed by atoms with Gasteiger partial charge in [-0.15, -0.1) is 0 Å². The van der Waals surface area contributed by atoms with Crippen LogP contribution in [0.4, 0.5) is 8.78 Å². The lowest BCUT2D eigenvalue weighted by Crippen LogP contribution is -2.31. The van der Waals surface area contributed by atoms with Crippen molar-refractivity contribution >= 4 is 21.8 Å². The Morgan fingerprint density at radius 1 is 1.29 bits per heavy atom. The van der Waals surface area contributed by atoms with Crippen LogP contribution in [0, 0.1) is 17.6 Å². The first-order chi connectivity index (χ1) is 7.90. The molecule has 1 unspecified atom stereocenters. The number of halogens is 3. The molecule has 1 atom stereocenters. The SMILES string of the molecule is CC(C)C(Br)CNC(=O)c1cc(F)cc(F)c1. The van der Waals surface area contributed by atoms with E-state index in [2.05, 4.69) is 21.2 Å². The van der Waals surface area contributed by atoms with E-state index in [0.29, 0.717) is 12.5 Å². The fourth-order valence-corrected chi connectivity index (χ4v) is 1.37. The molecule has 0 saturated heterocycles. The summed E-state index contributed by atoms with van der Waals surface area (Å²) in [5.41, 5.74) is -0.00837. The molecule has 0 bridgehead atoms. The van der Waals surface area contributed by atoms with E-state index in [1.165, 1.54) is 0 Å². The van der Waals surface area contributed by atoms with Crippen molar-refractivity contribution < 1.29 is 13.6 Å². The molecule has 2 nitrogen and oxygen atoms in total. The van der Waals surface area contributed by atoms with Crippen LogP contribution in [0.25, 0.3) is 0 Å². The molecule has 5 heteroatoms. The molecule has 1 aromatic carbocycles. The van der Waals surface area contributed by atoms with E-state index in [0.717, 1.165) is 18.2 Å². The van der Waals surface area contributed by atoms with Crippen LogP contribution in [0.2, 0.25) is 0 Å². The first-order valence-electron chi connectivity index (χ1n) is 5.28. The van der Waals surface area contributed by atoms with E-state index < -0.39 is 17.5 Å². The van der Waals surface area contributed by atoms with E-state index in [1.807, 2.05) is 13.8 Å². The zero-order valence-electron chi connectivity index (χ0n) is 9.64. The van der Waals surface area contributed by atoms with Crippen molar-refractivity contribution in [2.75, 3.05) is 6.54 Å². The summed E-state index contributed by atoms with van der Waals surface area (Å²) in [4.78, 5) is 11.7. The molecule has 0 radical (unpaired) electrons. The molecule has 1 amide bonds. The van der Waals surface area contributed by atoms with Gasteiger partial charge in [-0.05, 0) is 18.1 Å². The predicted octanol–water partition coefficient (Wildman–Crippen LogP) is 3.11. The predicted molar refractivity (Wildman–Crippen MR) is 66.2 cm³/mol. The van der Waals surface area contributed by atoms with Crippen LogP contribution >= 0.6 is 15.9 Å². The van der Waals surface area contributed by atoms with Crippen molar-refractivity contribution in [1.82, 2.24) is 5.32 Å². The molecule has 0 saturated carbocycles. The van der Waals surface area contributed by atoms with Gasteiger partial charge < -0.3 is 5.32 Å². The van der Waals surface area contributed by atoms with Gasteiger partial charge in [-0.25, -0.2) is 8.78 Å². The molecule has 1 N–H and O–H groups in total. The third-order valence-corrected chi connectivity index (χ3v) is 3.69. The summed E-state index contributed by atoms with van der Waals surface area (Å²) >= 11 is 3.41. The molecule has 0 fully saturated rings. The first-order valence-corrected chi connectivity index (χ1v) is 6.20. The number of carbonyl (C=O) groups excluding carboxylic acids is 1. The van der Waals surface area contributed by atoms with Crippen molar-refractivity contribution in [3.8, 4) is 0 Å². The van der Waals surface area contributed by atoms with Gasteiger partial charge in [0.1, 0.15) is 11.6 Å². The highest BCUT2D eigenvalue weighted by Gasteiger charge is 2.13. The fourth-order valence-electron chi connectivity index (χ4n) is 1.21. The van der Waals surface area contributed by atoms with E-state index in [9.17, 15) is 13.6 Å². The number of nitrogens with one attached hydrogen (secondary N) is 1. The lowest BCUT2D eigenvalue weighted by atomic mass is 10.1. The Kier molecular flexibility index (Phi) is 5.05. The second-order valence-electron chi connectivity index (χ2n) is 4.13. The Hall–Kier alpha value is -0.970. The van der Waals surface area contributed by atoms with Gasteiger partial charge in [0.15, 0.2) is 0 Å². The number of rotatable bonds is 4. The first kappa shape index (κ1) is 14.1. The van der Waals surface area contributed by atoms with Gasteiger partial charge in [0, 0.05) is 23.0 Å². The molecular formula is C12H14BrF2NO. The quantitative estimate of drug-likeness (QED) is 0.851. The minimum absolute atomic E-state index is 0.00837. The molecule has 0 aliphatic rings. The highest BCUT2D eigenvalue weighted by atomic mass is 79.9. The molecule has 0 aliphatic heterocycles. The standard InChI is InChI=1S/C12H14BrF2NO/c1-7(2)11(13)6-16-12(17)8-3-9(14)5-10(15)4-8/h3-5,7,11H,6H2,1-2H3,(H,16,17). The molecule has 17 heavy (non-hydrogen) atoms. The lowest BCUT2D eigenvalue weighted by Gasteiger charge is -2.14. The summed E-state index contributed by atoms with van der Waals surface area (Å²) in [5, 5.41) is 2.62. The molecule has 0 aliphatic carbocycles. The van der Waals surface area contributed by atoms with Gasteiger partial charge >= 0.3 is 0 Å². The fraction of sp³-hybridized carbons (Fsp3) is 0.417. The van der Waals surface area contributed by atoms with Crippen molar-refractivity contribution in [1.29, 1.82) is 0 Å². The van der Waals surface area contributed by atoms with Gasteiger partial charge in [0.2, 0.25) is 0 Å². The molecule has 1 aromatic rings. The van der Waals surface area contributed by atoms with Crippen molar-refractivity contribution in [3.05, 3.63) is 35.4 Å². The Morgan fingerprint density at radius 3 is 2.29 bits per heavy atom. The van der Waals surface area contributed by atoms with E-state index in [1.54, 1.807) is 0 Å². The largest absolute Gasteiger partial charge is 0.351 e. The Labute approximate surface area is 108 Å². The minimum atomic E-state index is -0.755. The van der Waals surface area contributed by atoms with E-state index >= 15 is 0 Å². The highest BCUT2D eigenvalue weighted by Crippen LogP contribution is 2.11. The average Bonchev–Trinajstić information content (AvgIpc) is 2.23. The van der Waals surface area contributed by atoms with Crippen LogP contribution in [-0.2, 0) is 0 Å². The molecule has 1 rings (SSSR count). The maximum atomic E-state index is 12.9. The molecule has 0 aromatic heterocycles. The lowest BCUT2D eigenvalue weighted by molar-refractivity contribution is 0.0952. The van der Waals surface area contributed by atoms with Crippen LogP contribution in [0.1, 0.15) is 24.2 Å². The average molecular weight is 306 g/mol. The number of amides is 1. The number of hydrogen-bond donors (Lipinski definition) is 1. The second kappa shape index (κ2) is 6.10. The maximum absolute atomic E-state index is 12.9. The number of hydrogen-bond acceptors (Lipinski definition) is 1. The summed E-state index contributed by atoms with van der Waals surface area (Å²) in [6.07, 6.45) is 0. The Bertz CT molecular complexity index is 389. The summed E-state index contributed by atoms with van der Waals surface area (Å²) in [6.45, 7) is 4.43. The van der Waals surface area contributed by atoms with Gasteiger partial charge in [0.05, 0.1) is 0 Å². The zero-order valence-corrected chi connectivity index (χ0v) is 11.2. The molecule has 94 valence electrons. The Morgan fingerprint density at radius 2 is 1.82 bits per heavy atom. The van der Waals surface area contributed by atoms with Crippen LogP contribution in [0.3, 0.4) is 0 Å². The van der Waals surface area contributed by atoms with Crippen molar-refractivity contribution in [2.45, 2.75) is 18.7 Å². The van der Waals surface area contributed by atoms with Crippen LogP contribution in [0.15, 0.2) is 18.2 Å². The van der Waals surface area contributed by atoms with E-state index in [-0.39, 0.29) is 10.4 Å². The minimum Gasteiger partial charge on any atom is -0.351 e. The second-order valence-corrected chi connectivity index (χ2v) is 5.30. The van der Waals surface area contributed by atoms with Crippen LogP contribution in [-0.4, -0.2) is 17.3 Å². The van der Waals surface area contributed by atoms with Crippen molar-refractivity contribution in [3.63, 3.8) is 0 Å². The third kappa shape index (κ3) is 4.42. The number of carbonyl (C=O) groups is 1. The zero-order chi connectivity index (χ0) is 13.0. The topological polar surface area (TPSA) is 29.1 Å². The normalized spacial score (nSPS) is 12.6. The summed E-state index contributed by atoms with van der Waals surface area (Å²) in [6, 6.07) is 2.76. The molecule has 0 heterocycles. The smallest absolute Gasteiger partial charge is 0.251 e. The summed E-state index contributed by atoms with van der Waals surface area (Å²) in [5.74, 6) is -1.63. The van der Waals surface area contributed by atoms with Gasteiger partial charge in [0.25, 0.3) is 5.91 Å². The summed E-state index contributed by atoms with van der Waals surface area (Å²) < 4.78 is 25.8. The Balaban J connectivity index is 2.64. The van der Waals surface area contributed by atoms with Gasteiger partial charge in [-0.2, -0.15) is 0 Å². The summed E-state index contributed by atoms with van der Waals surface area (Å²) in [7, 11) is 0. The third-order valence-electron chi connectivity index (χ3n) is 2.31. The van der Waals surface area contributed by atoms with Crippen molar-refractivity contribution in [2.24, 2.45) is 5.92 Å². The number of alkyl halides is 1. The van der Waals surface area contributed by atoms with E-state index in [4.69, 9.17) is 0 Å². The monoisotopic (exact) mass is 305 g/mol. The maximum Gasteiger partial charge on any atom is 0.251 e. The molecular weight excluding hydrogens is 292 g/mol. The van der Waals surface area contributed by atoms with Crippen LogP contribution in [0.5, 0.6) is 0 Å².